The Morgan fingerprint density at radius 3 is 2.43 bits per heavy atom. The molecule has 2 rings (SSSR count). The van der Waals surface area contributed by atoms with E-state index in [2.05, 4.69) is 67.8 Å². The van der Waals surface area contributed by atoms with E-state index in [-0.39, 0.29) is 6.04 Å². The smallest absolute Gasteiger partial charge is 0.0344 e. The average molecular weight is 300 g/mol. The molecule has 1 atom stereocenters. The molecule has 0 radical (unpaired) electrons. The van der Waals surface area contributed by atoms with Crippen LogP contribution in [0.5, 0.6) is 0 Å². The van der Waals surface area contributed by atoms with E-state index in [1.54, 1.807) is 0 Å². The van der Waals surface area contributed by atoms with Gasteiger partial charge in [0.05, 0.1) is 0 Å². The van der Waals surface area contributed by atoms with Crippen LogP contribution in [0.4, 0.5) is 0 Å². The zero-order chi connectivity index (χ0) is 15.1. The predicted molar refractivity (Wildman–Crippen MR) is 92.5 cm³/mol. The quantitative estimate of drug-likeness (QED) is 0.465. The molecule has 0 aliphatic rings. The van der Waals surface area contributed by atoms with Gasteiger partial charge in [0.1, 0.15) is 0 Å². The standard InChI is InChI=1S/C18H24N2S/c1-3-15-7-9-16(10-8-15)12-17(20-19)13-21-18-6-4-5-14(2)11-18/h4-11,17,20H,3,12-13,19H2,1-2H3. The number of nitrogens with two attached hydrogens (primary N) is 1. The molecule has 0 heterocycles. The van der Waals surface area contributed by atoms with Gasteiger partial charge in [-0.2, -0.15) is 0 Å². The fraction of sp³-hybridized carbons (Fsp3) is 0.333. The molecule has 2 aromatic rings. The van der Waals surface area contributed by atoms with Crippen molar-refractivity contribution in [3.05, 3.63) is 65.2 Å². The van der Waals surface area contributed by atoms with Crippen LogP contribution in [0.2, 0.25) is 0 Å². The Morgan fingerprint density at radius 2 is 1.81 bits per heavy atom. The minimum Gasteiger partial charge on any atom is -0.271 e. The average Bonchev–Trinajstić information content (AvgIpc) is 2.52. The SMILES string of the molecule is CCc1ccc(CC(CSc2cccc(C)c2)NN)cc1. The summed E-state index contributed by atoms with van der Waals surface area (Å²) in [4.78, 5) is 1.30. The molecule has 2 aromatic carbocycles. The Bertz CT molecular complexity index is 551. The minimum atomic E-state index is 0.281. The van der Waals surface area contributed by atoms with Crippen LogP contribution < -0.4 is 11.3 Å². The summed E-state index contributed by atoms with van der Waals surface area (Å²) in [6.07, 6.45) is 2.04. The summed E-state index contributed by atoms with van der Waals surface area (Å²) in [7, 11) is 0. The number of nitrogens with one attached hydrogen (secondary N) is 1. The van der Waals surface area contributed by atoms with Crippen molar-refractivity contribution in [3.8, 4) is 0 Å². The third-order valence-corrected chi connectivity index (χ3v) is 4.75. The van der Waals surface area contributed by atoms with E-state index < -0.39 is 0 Å². The highest BCUT2D eigenvalue weighted by atomic mass is 32.2. The Labute approximate surface area is 132 Å². The first kappa shape index (κ1) is 16.1. The van der Waals surface area contributed by atoms with Gasteiger partial charge in [-0.3, -0.25) is 11.3 Å². The molecule has 2 nitrogen and oxygen atoms in total. The summed E-state index contributed by atoms with van der Waals surface area (Å²) in [6.45, 7) is 4.30. The second kappa shape index (κ2) is 8.23. The fourth-order valence-corrected chi connectivity index (χ4v) is 3.32. The summed E-state index contributed by atoms with van der Waals surface area (Å²) >= 11 is 1.85. The van der Waals surface area contributed by atoms with Gasteiger partial charge in [0, 0.05) is 16.7 Å². The molecule has 0 saturated heterocycles. The first-order chi connectivity index (χ1) is 10.2. The van der Waals surface area contributed by atoms with Crippen molar-refractivity contribution < 1.29 is 0 Å². The van der Waals surface area contributed by atoms with Crippen molar-refractivity contribution in [1.29, 1.82) is 0 Å². The summed E-state index contributed by atoms with van der Waals surface area (Å²) in [5.74, 6) is 6.68. The van der Waals surface area contributed by atoms with Crippen LogP contribution >= 0.6 is 11.8 Å². The van der Waals surface area contributed by atoms with Crippen LogP contribution in [0.1, 0.15) is 23.6 Å². The predicted octanol–water partition coefficient (Wildman–Crippen LogP) is 3.72. The molecule has 0 fully saturated rings. The lowest BCUT2D eigenvalue weighted by atomic mass is 10.0. The van der Waals surface area contributed by atoms with Crippen LogP contribution in [0.25, 0.3) is 0 Å². The fourth-order valence-electron chi connectivity index (χ4n) is 2.26. The van der Waals surface area contributed by atoms with Crippen molar-refractivity contribution >= 4 is 11.8 Å². The molecule has 0 spiro atoms. The van der Waals surface area contributed by atoms with Gasteiger partial charge in [0.25, 0.3) is 0 Å². The van der Waals surface area contributed by atoms with Gasteiger partial charge in [-0.25, -0.2) is 0 Å². The number of rotatable bonds is 7. The highest BCUT2D eigenvalue weighted by Gasteiger charge is 2.08. The van der Waals surface area contributed by atoms with Crippen molar-refractivity contribution in [2.45, 2.75) is 37.6 Å². The molecule has 0 aliphatic carbocycles. The highest BCUT2D eigenvalue weighted by Crippen LogP contribution is 2.20. The Balaban J connectivity index is 1.90. The van der Waals surface area contributed by atoms with Gasteiger partial charge >= 0.3 is 0 Å². The zero-order valence-corrected chi connectivity index (χ0v) is 13.6. The van der Waals surface area contributed by atoms with Crippen molar-refractivity contribution in [1.82, 2.24) is 5.43 Å². The number of hydrogen-bond donors (Lipinski definition) is 2. The molecule has 3 heteroatoms. The van der Waals surface area contributed by atoms with E-state index in [1.165, 1.54) is 21.6 Å². The molecular formula is C18H24N2S. The highest BCUT2D eigenvalue weighted by molar-refractivity contribution is 7.99. The molecule has 3 N–H and O–H groups in total. The molecule has 0 aromatic heterocycles. The maximum atomic E-state index is 5.71. The monoisotopic (exact) mass is 300 g/mol. The van der Waals surface area contributed by atoms with Gasteiger partial charge in [-0.1, -0.05) is 48.9 Å². The summed E-state index contributed by atoms with van der Waals surface area (Å²) in [5.41, 5.74) is 6.95. The molecule has 0 bridgehead atoms. The van der Waals surface area contributed by atoms with Crippen LogP contribution in [-0.4, -0.2) is 11.8 Å². The Kier molecular flexibility index (Phi) is 6.30. The summed E-state index contributed by atoms with van der Waals surface area (Å²) < 4.78 is 0. The number of hydrazine groups is 1. The second-order valence-corrected chi connectivity index (χ2v) is 6.46. The largest absolute Gasteiger partial charge is 0.271 e. The van der Waals surface area contributed by atoms with Crippen molar-refractivity contribution in [2.24, 2.45) is 5.84 Å². The van der Waals surface area contributed by atoms with E-state index in [9.17, 15) is 0 Å². The Hall–Kier alpha value is -1.29. The van der Waals surface area contributed by atoms with Crippen LogP contribution in [0.3, 0.4) is 0 Å². The third-order valence-electron chi connectivity index (χ3n) is 3.59. The lowest BCUT2D eigenvalue weighted by molar-refractivity contribution is 0.575. The van der Waals surface area contributed by atoms with Crippen molar-refractivity contribution in [3.63, 3.8) is 0 Å². The number of aryl methyl sites for hydroxylation is 2. The van der Waals surface area contributed by atoms with Crippen molar-refractivity contribution in [2.75, 3.05) is 5.75 Å². The third kappa shape index (κ3) is 5.20. The van der Waals surface area contributed by atoms with Gasteiger partial charge in [0.15, 0.2) is 0 Å². The van der Waals surface area contributed by atoms with Crippen LogP contribution in [0.15, 0.2) is 53.4 Å². The molecule has 0 amide bonds. The van der Waals surface area contributed by atoms with Gasteiger partial charge in [-0.05, 0) is 43.0 Å². The first-order valence-electron chi connectivity index (χ1n) is 7.44. The normalized spacial score (nSPS) is 12.3. The lowest BCUT2D eigenvalue weighted by Gasteiger charge is -2.16. The molecule has 112 valence electrons. The number of hydrogen-bond acceptors (Lipinski definition) is 3. The van der Waals surface area contributed by atoms with E-state index in [0.29, 0.717) is 0 Å². The second-order valence-electron chi connectivity index (χ2n) is 5.37. The van der Waals surface area contributed by atoms with E-state index in [4.69, 9.17) is 5.84 Å². The van der Waals surface area contributed by atoms with Crippen LogP contribution in [0, 0.1) is 6.92 Å². The van der Waals surface area contributed by atoms with E-state index >= 15 is 0 Å². The number of benzene rings is 2. The minimum absolute atomic E-state index is 0.281. The molecule has 0 aliphatic heterocycles. The summed E-state index contributed by atoms with van der Waals surface area (Å²) in [6, 6.07) is 17.7. The topological polar surface area (TPSA) is 38.0 Å². The molecule has 0 saturated carbocycles. The van der Waals surface area contributed by atoms with E-state index in [0.717, 1.165) is 18.6 Å². The summed E-state index contributed by atoms with van der Waals surface area (Å²) in [5, 5.41) is 0. The zero-order valence-electron chi connectivity index (χ0n) is 12.8. The van der Waals surface area contributed by atoms with E-state index in [1.807, 2.05) is 11.8 Å². The van der Waals surface area contributed by atoms with Gasteiger partial charge in [0.2, 0.25) is 0 Å². The lowest BCUT2D eigenvalue weighted by Crippen LogP contribution is -2.38. The molecule has 21 heavy (non-hydrogen) atoms. The maximum absolute atomic E-state index is 5.71. The first-order valence-corrected chi connectivity index (χ1v) is 8.43. The Morgan fingerprint density at radius 1 is 1.10 bits per heavy atom. The molecule has 1 unspecified atom stereocenters. The van der Waals surface area contributed by atoms with Gasteiger partial charge < -0.3 is 0 Å². The molecular weight excluding hydrogens is 276 g/mol. The number of thioether (sulfide) groups is 1. The maximum Gasteiger partial charge on any atom is 0.0344 e. The van der Waals surface area contributed by atoms with Crippen LogP contribution in [-0.2, 0) is 12.8 Å². The van der Waals surface area contributed by atoms with Gasteiger partial charge in [-0.15, -0.1) is 11.8 Å².